The molecule has 0 unspecified atom stereocenters. The van der Waals surface area contributed by atoms with Gasteiger partial charge in [-0.2, -0.15) is 0 Å². The molecule has 0 spiro atoms. The number of phenolic OH excluding ortho intramolecular Hbond substituents is 1. The largest absolute Gasteiger partial charge is 0.508 e. The third-order valence-corrected chi connectivity index (χ3v) is 3.35. The van der Waals surface area contributed by atoms with Gasteiger partial charge in [-0.15, -0.1) is 0 Å². The Morgan fingerprint density at radius 3 is 2.47 bits per heavy atom. The summed E-state index contributed by atoms with van der Waals surface area (Å²) in [6, 6.07) is 14.5. The molecule has 0 aliphatic heterocycles. The molecule has 2 aromatic rings. The van der Waals surface area contributed by atoms with Gasteiger partial charge in [0.1, 0.15) is 5.75 Å². The van der Waals surface area contributed by atoms with E-state index in [9.17, 15) is 15.0 Å². The molecule has 0 amide bonds. The summed E-state index contributed by atoms with van der Waals surface area (Å²) in [5.41, 5.74) is 3.77. The molecule has 2 N–H and O–H groups in total. The standard InChI is InChI=1S/C16H12O3/c17-12-6-7-13-11(8-12)9-14(16(18)19)15(13)10-4-2-1-3-5-10/h1-8,17H,9H2,(H,18,19). The SMILES string of the molecule is O=C(O)C1=C(c2ccccc2)c2ccc(O)cc2C1. The first kappa shape index (κ1) is 11.5. The maximum Gasteiger partial charge on any atom is 0.332 e. The first-order valence-corrected chi connectivity index (χ1v) is 6.01. The second-order valence-electron chi connectivity index (χ2n) is 4.54. The van der Waals surface area contributed by atoms with E-state index in [-0.39, 0.29) is 5.75 Å². The van der Waals surface area contributed by atoms with Gasteiger partial charge in [0.15, 0.2) is 0 Å². The average molecular weight is 252 g/mol. The third kappa shape index (κ3) is 1.89. The summed E-state index contributed by atoms with van der Waals surface area (Å²) in [7, 11) is 0. The van der Waals surface area contributed by atoms with E-state index in [0.29, 0.717) is 12.0 Å². The van der Waals surface area contributed by atoms with Crippen molar-refractivity contribution in [3.05, 3.63) is 70.8 Å². The molecule has 0 aromatic heterocycles. The van der Waals surface area contributed by atoms with Crippen LogP contribution in [-0.4, -0.2) is 16.2 Å². The lowest BCUT2D eigenvalue weighted by atomic mass is 9.97. The summed E-state index contributed by atoms with van der Waals surface area (Å²) in [6.45, 7) is 0. The van der Waals surface area contributed by atoms with Crippen molar-refractivity contribution in [2.24, 2.45) is 0 Å². The molecule has 0 heterocycles. The summed E-state index contributed by atoms with van der Waals surface area (Å²) < 4.78 is 0. The average Bonchev–Trinajstić information content (AvgIpc) is 2.78. The van der Waals surface area contributed by atoms with Crippen LogP contribution in [0, 0.1) is 0 Å². The monoisotopic (exact) mass is 252 g/mol. The minimum Gasteiger partial charge on any atom is -0.508 e. The molecule has 3 heteroatoms. The van der Waals surface area contributed by atoms with Crippen LogP contribution >= 0.6 is 0 Å². The molecule has 1 aliphatic carbocycles. The van der Waals surface area contributed by atoms with Crippen LogP contribution in [0.1, 0.15) is 16.7 Å². The fraction of sp³-hybridized carbons (Fsp3) is 0.0625. The van der Waals surface area contributed by atoms with E-state index in [0.717, 1.165) is 22.3 Å². The first-order chi connectivity index (χ1) is 9.16. The minimum atomic E-state index is -0.908. The Labute approximate surface area is 110 Å². The van der Waals surface area contributed by atoms with E-state index < -0.39 is 5.97 Å². The molecule has 3 rings (SSSR count). The van der Waals surface area contributed by atoms with E-state index in [1.807, 2.05) is 30.3 Å². The number of aliphatic carboxylic acids is 1. The van der Waals surface area contributed by atoms with Gasteiger partial charge < -0.3 is 10.2 Å². The third-order valence-electron chi connectivity index (χ3n) is 3.35. The molecule has 0 bridgehead atoms. The fourth-order valence-corrected chi connectivity index (χ4v) is 2.53. The van der Waals surface area contributed by atoms with Crippen LogP contribution in [0.15, 0.2) is 54.1 Å². The van der Waals surface area contributed by atoms with Gasteiger partial charge in [-0.05, 0) is 34.4 Å². The smallest absolute Gasteiger partial charge is 0.332 e. The van der Waals surface area contributed by atoms with Crippen molar-refractivity contribution >= 4 is 11.5 Å². The van der Waals surface area contributed by atoms with Crippen molar-refractivity contribution in [1.82, 2.24) is 0 Å². The van der Waals surface area contributed by atoms with E-state index in [1.165, 1.54) is 0 Å². The normalized spacial score (nSPS) is 13.5. The number of fused-ring (bicyclic) bond motifs is 1. The summed E-state index contributed by atoms with van der Waals surface area (Å²) in [5.74, 6) is -0.743. The number of carbonyl (C=O) groups is 1. The Morgan fingerprint density at radius 1 is 1.05 bits per heavy atom. The molecular weight excluding hydrogens is 240 g/mol. The highest BCUT2D eigenvalue weighted by molar-refractivity contribution is 6.04. The molecule has 94 valence electrons. The zero-order valence-corrected chi connectivity index (χ0v) is 10.1. The summed E-state index contributed by atoms with van der Waals surface area (Å²) in [5, 5.41) is 18.9. The molecule has 19 heavy (non-hydrogen) atoms. The van der Waals surface area contributed by atoms with Crippen molar-refractivity contribution in [2.45, 2.75) is 6.42 Å². The molecule has 0 atom stereocenters. The van der Waals surface area contributed by atoms with Crippen LogP contribution in [0.25, 0.3) is 5.57 Å². The minimum absolute atomic E-state index is 0.165. The van der Waals surface area contributed by atoms with Crippen molar-refractivity contribution in [1.29, 1.82) is 0 Å². The molecular formula is C16H12O3. The Kier molecular flexibility index (Phi) is 2.60. The van der Waals surface area contributed by atoms with Crippen molar-refractivity contribution < 1.29 is 15.0 Å². The number of carboxylic acid groups (broad SMARTS) is 1. The lowest BCUT2D eigenvalue weighted by Crippen LogP contribution is -2.02. The van der Waals surface area contributed by atoms with Gasteiger partial charge in [-0.25, -0.2) is 4.79 Å². The van der Waals surface area contributed by atoms with Gasteiger partial charge in [0.25, 0.3) is 0 Å². The fourth-order valence-electron chi connectivity index (χ4n) is 2.53. The van der Waals surface area contributed by atoms with Crippen molar-refractivity contribution in [2.75, 3.05) is 0 Å². The Morgan fingerprint density at radius 2 is 1.79 bits per heavy atom. The maximum absolute atomic E-state index is 11.4. The van der Waals surface area contributed by atoms with E-state index in [2.05, 4.69) is 0 Å². The van der Waals surface area contributed by atoms with Gasteiger partial charge in [-0.3, -0.25) is 0 Å². The molecule has 0 saturated heterocycles. The zero-order chi connectivity index (χ0) is 13.4. The van der Waals surface area contributed by atoms with Crippen molar-refractivity contribution in [3.63, 3.8) is 0 Å². The summed E-state index contributed by atoms with van der Waals surface area (Å²) >= 11 is 0. The number of rotatable bonds is 2. The summed E-state index contributed by atoms with van der Waals surface area (Å²) in [6.07, 6.45) is 0.350. The van der Waals surface area contributed by atoms with Crippen LogP contribution in [0.5, 0.6) is 5.75 Å². The van der Waals surface area contributed by atoms with Gasteiger partial charge in [0.05, 0.1) is 0 Å². The number of hydrogen-bond donors (Lipinski definition) is 2. The van der Waals surface area contributed by atoms with Crippen LogP contribution in [0.2, 0.25) is 0 Å². The molecule has 2 aromatic carbocycles. The highest BCUT2D eigenvalue weighted by atomic mass is 16.4. The van der Waals surface area contributed by atoms with E-state index in [4.69, 9.17) is 0 Å². The highest BCUT2D eigenvalue weighted by Crippen LogP contribution is 2.38. The molecule has 0 radical (unpaired) electrons. The predicted molar refractivity (Wildman–Crippen MR) is 71.9 cm³/mol. The number of aromatic hydroxyl groups is 1. The molecule has 1 aliphatic rings. The van der Waals surface area contributed by atoms with E-state index in [1.54, 1.807) is 18.2 Å². The summed E-state index contributed by atoms with van der Waals surface area (Å²) in [4.78, 5) is 11.4. The number of phenols is 1. The Balaban J connectivity index is 2.23. The van der Waals surface area contributed by atoms with Crippen LogP contribution in [-0.2, 0) is 11.2 Å². The van der Waals surface area contributed by atoms with Crippen LogP contribution < -0.4 is 0 Å². The molecule has 3 nitrogen and oxygen atoms in total. The Bertz CT molecular complexity index is 684. The van der Waals surface area contributed by atoms with Gasteiger partial charge >= 0.3 is 5.97 Å². The lowest BCUT2D eigenvalue weighted by molar-refractivity contribution is -0.132. The van der Waals surface area contributed by atoms with Crippen molar-refractivity contribution in [3.8, 4) is 5.75 Å². The second kappa shape index (κ2) is 4.28. The van der Waals surface area contributed by atoms with Crippen LogP contribution in [0.4, 0.5) is 0 Å². The molecule has 0 fully saturated rings. The number of benzene rings is 2. The predicted octanol–water partition coefficient (Wildman–Crippen LogP) is 2.83. The first-order valence-electron chi connectivity index (χ1n) is 6.01. The molecule has 0 saturated carbocycles. The zero-order valence-electron chi connectivity index (χ0n) is 10.1. The number of carboxylic acids is 1. The topological polar surface area (TPSA) is 57.5 Å². The Hall–Kier alpha value is -2.55. The van der Waals surface area contributed by atoms with Gasteiger partial charge in [0, 0.05) is 12.0 Å². The van der Waals surface area contributed by atoms with Crippen LogP contribution in [0.3, 0.4) is 0 Å². The van der Waals surface area contributed by atoms with Gasteiger partial charge in [0.2, 0.25) is 0 Å². The second-order valence-corrected chi connectivity index (χ2v) is 4.54. The van der Waals surface area contributed by atoms with E-state index >= 15 is 0 Å². The lowest BCUT2D eigenvalue weighted by Gasteiger charge is -2.07. The number of hydrogen-bond acceptors (Lipinski definition) is 2. The maximum atomic E-state index is 11.4. The van der Waals surface area contributed by atoms with Gasteiger partial charge in [-0.1, -0.05) is 36.4 Å². The highest BCUT2D eigenvalue weighted by Gasteiger charge is 2.26. The quantitative estimate of drug-likeness (QED) is 0.864.